The molecule has 3 rings (SSSR count). The molecule has 0 aliphatic rings. The fourth-order valence-electron chi connectivity index (χ4n) is 2.76. The highest BCUT2D eigenvalue weighted by molar-refractivity contribution is 7.92. The lowest BCUT2D eigenvalue weighted by Crippen LogP contribution is -2.21. The predicted molar refractivity (Wildman–Crippen MR) is 108 cm³/mol. The first kappa shape index (κ1) is 23.2. The number of aromatic nitrogens is 3. The number of nitrogens with one attached hydrogen (secondary N) is 2. The number of benzene rings is 2. The van der Waals surface area contributed by atoms with Gasteiger partial charge < -0.3 is 5.32 Å². The summed E-state index contributed by atoms with van der Waals surface area (Å²) < 4.78 is 80.4. The van der Waals surface area contributed by atoms with E-state index in [1.54, 1.807) is 6.92 Å². The van der Waals surface area contributed by atoms with Crippen molar-refractivity contribution < 1.29 is 30.8 Å². The highest BCUT2D eigenvalue weighted by atomic mass is 32.2. The van der Waals surface area contributed by atoms with E-state index in [0.717, 1.165) is 24.3 Å². The first-order valence-electron chi connectivity index (χ1n) is 9.21. The maximum absolute atomic E-state index is 13.7. The van der Waals surface area contributed by atoms with Crippen molar-refractivity contribution in [3.63, 3.8) is 0 Å². The van der Waals surface area contributed by atoms with Crippen molar-refractivity contribution in [2.24, 2.45) is 0 Å². The predicted octanol–water partition coefficient (Wildman–Crippen LogP) is 3.83. The standard InChI is InChI=1S/C19H17F4N5O3S/c1-2-11-32(30,31)26-14-7-5-13(6-8-14)24-18(29)16-17(19(21,22)23)28(27-25-16)15-9-3-12(20)4-10-15/h3-10,26H,2,11H2,1H3,(H,24,29). The molecule has 0 atom stereocenters. The minimum Gasteiger partial charge on any atom is -0.321 e. The Balaban J connectivity index is 1.84. The molecule has 1 aromatic heterocycles. The minimum atomic E-state index is -4.98. The molecule has 3 aromatic rings. The van der Waals surface area contributed by atoms with E-state index in [-0.39, 0.29) is 22.8 Å². The molecule has 2 N–H and O–H groups in total. The van der Waals surface area contributed by atoms with E-state index in [1.807, 2.05) is 0 Å². The molecular weight excluding hydrogens is 454 g/mol. The van der Waals surface area contributed by atoms with Gasteiger partial charge in [0.05, 0.1) is 11.4 Å². The molecule has 0 unspecified atom stereocenters. The molecule has 1 heterocycles. The Labute approximate surface area is 180 Å². The number of hydrogen-bond acceptors (Lipinski definition) is 5. The molecule has 0 saturated carbocycles. The maximum Gasteiger partial charge on any atom is 0.435 e. The lowest BCUT2D eigenvalue weighted by molar-refractivity contribution is -0.143. The van der Waals surface area contributed by atoms with E-state index < -0.39 is 39.3 Å². The van der Waals surface area contributed by atoms with Crippen molar-refractivity contribution in [3.05, 3.63) is 65.7 Å². The van der Waals surface area contributed by atoms with E-state index in [9.17, 15) is 30.8 Å². The highest BCUT2D eigenvalue weighted by Gasteiger charge is 2.42. The number of amides is 1. The zero-order chi connectivity index (χ0) is 23.5. The highest BCUT2D eigenvalue weighted by Crippen LogP contribution is 2.33. The Morgan fingerprint density at radius 2 is 1.62 bits per heavy atom. The summed E-state index contributed by atoms with van der Waals surface area (Å²) in [5.74, 6) is -1.90. The topological polar surface area (TPSA) is 106 Å². The van der Waals surface area contributed by atoms with Gasteiger partial charge in [0.1, 0.15) is 5.82 Å². The molecule has 0 aliphatic carbocycles. The van der Waals surface area contributed by atoms with Crippen LogP contribution < -0.4 is 10.0 Å². The quantitative estimate of drug-likeness (QED) is 0.510. The van der Waals surface area contributed by atoms with E-state index in [2.05, 4.69) is 20.4 Å². The van der Waals surface area contributed by atoms with Crippen LogP contribution in [0.2, 0.25) is 0 Å². The van der Waals surface area contributed by atoms with Crippen molar-refractivity contribution in [2.75, 3.05) is 15.8 Å². The van der Waals surface area contributed by atoms with Gasteiger partial charge >= 0.3 is 6.18 Å². The third kappa shape index (κ3) is 5.41. The monoisotopic (exact) mass is 471 g/mol. The van der Waals surface area contributed by atoms with Crippen molar-refractivity contribution in [3.8, 4) is 5.69 Å². The van der Waals surface area contributed by atoms with Crippen molar-refractivity contribution in [2.45, 2.75) is 19.5 Å². The summed E-state index contributed by atoms with van der Waals surface area (Å²) in [6.45, 7) is 1.71. The fraction of sp³-hybridized carbons (Fsp3) is 0.211. The number of halogens is 4. The number of carbonyl (C=O) groups is 1. The van der Waals surface area contributed by atoms with Crippen LogP contribution >= 0.6 is 0 Å². The summed E-state index contributed by atoms with van der Waals surface area (Å²) in [7, 11) is -3.52. The molecule has 13 heteroatoms. The molecule has 0 saturated heterocycles. The van der Waals surface area contributed by atoms with Crippen molar-refractivity contribution >= 4 is 27.3 Å². The van der Waals surface area contributed by atoms with E-state index >= 15 is 0 Å². The van der Waals surface area contributed by atoms with E-state index in [1.165, 1.54) is 24.3 Å². The van der Waals surface area contributed by atoms with Gasteiger partial charge in [-0.3, -0.25) is 9.52 Å². The number of hydrogen-bond donors (Lipinski definition) is 2. The Kier molecular flexibility index (Phi) is 6.48. The summed E-state index contributed by atoms with van der Waals surface area (Å²) in [6, 6.07) is 9.38. The number of carbonyl (C=O) groups excluding carboxylic acids is 1. The number of sulfonamides is 1. The number of nitrogens with zero attached hydrogens (tertiary/aromatic N) is 3. The van der Waals surface area contributed by atoms with Gasteiger partial charge in [0.2, 0.25) is 10.0 Å². The fourth-order valence-corrected chi connectivity index (χ4v) is 3.90. The second-order valence-corrected chi connectivity index (χ2v) is 8.47. The van der Waals surface area contributed by atoms with Gasteiger partial charge in [-0.25, -0.2) is 17.5 Å². The molecular formula is C19H17F4N5O3S. The molecule has 8 nitrogen and oxygen atoms in total. The van der Waals surface area contributed by atoms with Gasteiger partial charge in [-0.05, 0) is 55.0 Å². The van der Waals surface area contributed by atoms with E-state index in [4.69, 9.17) is 0 Å². The third-order valence-electron chi connectivity index (χ3n) is 4.11. The summed E-state index contributed by atoms with van der Waals surface area (Å²) in [5, 5.41) is 9.03. The van der Waals surface area contributed by atoms with Crippen LogP contribution in [0.25, 0.3) is 5.69 Å². The lowest BCUT2D eigenvalue weighted by atomic mass is 10.2. The van der Waals surface area contributed by atoms with Crippen molar-refractivity contribution in [1.29, 1.82) is 0 Å². The van der Waals surface area contributed by atoms with Crippen LogP contribution in [0.15, 0.2) is 48.5 Å². The first-order valence-corrected chi connectivity index (χ1v) is 10.9. The zero-order valence-electron chi connectivity index (χ0n) is 16.5. The Morgan fingerprint density at radius 3 is 2.19 bits per heavy atom. The number of rotatable bonds is 7. The Bertz CT molecular complexity index is 1210. The van der Waals surface area contributed by atoms with Crippen LogP contribution in [-0.2, 0) is 16.2 Å². The van der Waals surface area contributed by atoms with Gasteiger partial charge in [0.15, 0.2) is 11.4 Å². The Hall–Kier alpha value is -3.48. The van der Waals surface area contributed by atoms with E-state index in [0.29, 0.717) is 11.1 Å². The molecule has 0 aliphatic heterocycles. The van der Waals surface area contributed by atoms with Crippen molar-refractivity contribution in [1.82, 2.24) is 15.0 Å². The molecule has 2 aromatic carbocycles. The van der Waals surface area contributed by atoms with Crippen LogP contribution in [0.3, 0.4) is 0 Å². The van der Waals surface area contributed by atoms with Crippen LogP contribution in [-0.4, -0.2) is 35.1 Å². The maximum atomic E-state index is 13.7. The summed E-state index contributed by atoms with van der Waals surface area (Å²) >= 11 is 0. The smallest absolute Gasteiger partial charge is 0.321 e. The molecule has 0 spiro atoms. The minimum absolute atomic E-state index is 0.0740. The van der Waals surface area contributed by atoms with Crippen LogP contribution in [0.1, 0.15) is 29.5 Å². The molecule has 170 valence electrons. The largest absolute Gasteiger partial charge is 0.435 e. The molecule has 1 amide bonds. The Morgan fingerprint density at radius 1 is 1.03 bits per heavy atom. The summed E-state index contributed by atoms with van der Waals surface area (Å²) in [4.78, 5) is 12.5. The van der Waals surface area contributed by atoms with Crippen LogP contribution in [0.5, 0.6) is 0 Å². The second-order valence-electron chi connectivity index (χ2n) is 6.63. The molecule has 0 fully saturated rings. The molecule has 0 radical (unpaired) electrons. The lowest BCUT2D eigenvalue weighted by Gasteiger charge is -2.12. The third-order valence-corrected chi connectivity index (χ3v) is 5.61. The van der Waals surface area contributed by atoms with Gasteiger partial charge in [0.25, 0.3) is 5.91 Å². The van der Waals surface area contributed by atoms with Gasteiger partial charge in [-0.2, -0.15) is 13.2 Å². The average molecular weight is 471 g/mol. The second kappa shape index (κ2) is 8.94. The van der Waals surface area contributed by atoms with Gasteiger partial charge in [0, 0.05) is 11.4 Å². The summed E-state index contributed by atoms with van der Waals surface area (Å²) in [6.07, 6.45) is -4.56. The average Bonchev–Trinajstić information content (AvgIpc) is 3.15. The first-order chi connectivity index (χ1) is 15.0. The van der Waals surface area contributed by atoms with Crippen LogP contribution in [0, 0.1) is 5.82 Å². The zero-order valence-corrected chi connectivity index (χ0v) is 17.3. The molecule has 32 heavy (non-hydrogen) atoms. The number of alkyl halides is 3. The van der Waals surface area contributed by atoms with Gasteiger partial charge in [-0.15, -0.1) is 5.10 Å². The number of anilines is 2. The SMILES string of the molecule is CCCS(=O)(=O)Nc1ccc(NC(=O)c2nnn(-c3ccc(F)cc3)c2C(F)(F)F)cc1. The molecule has 0 bridgehead atoms. The normalized spacial score (nSPS) is 11.9. The van der Waals surface area contributed by atoms with Crippen LogP contribution in [0.4, 0.5) is 28.9 Å². The van der Waals surface area contributed by atoms with Gasteiger partial charge in [-0.1, -0.05) is 12.1 Å². The summed E-state index contributed by atoms with van der Waals surface area (Å²) in [5.41, 5.74) is -2.19.